The van der Waals surface area contributed by atoms with Crippen LogP contribution in [0.2, 0.25) is 0 Å². The van der Waals surface area contributed by atoms with Crippen molar-refractivity contribution in [3.05, 3.63) is 59.9 Å². The van der Waals surface area contributed by atoms with Crippen LogP contribution in [0.4, 0.5) is 14.9 Å². The average molecular weight is 388 g/mol. The van der Waals surface area contributed by atoms with E-state index in [1.165, 1.54) is 25.3 Å². The molecule has 0 aliphatic carbocycles. The zero-order valence-electron chi connectivity index (χ0n) is 14.6. The number of anilines is 1. The Bertz CT molecular complexity index is 923. The summed E-state index contributed by atoms with van der Waals surface area (Å²) in [5.41, 5.74) is 1.88. The Labute approximate surface area is 160 Å². The van der Waals surface area contributed by atoms with Crippen LogP contribution in [0.15, 0.2) is 48.5 Å². The molecule has 9 heteroatoms. The second kappa shape index (κ2) is 7.20. The lowest BCUT2D eigenvalue weighted by Crippen LogP contribution is -2.49. The number of methoxy groups -OCH3 is 1. The number of benzene rings is 2. The van der Waals surface area contributed by atoms with Gasteiger partial charge in [0.05, 0.1) is 12.8 Å². The summed E-state index contributed by atoms with van der Waals surface area (Å²) in [6, 6.07) is 12.1. The monoisotopic (exact) mass is 388 g/mol. The van der Waals surface area contributed by atoms with Crippen LogP contribution < -0.4 is 20.8 Å². The molecule has 1 aliphatic rings. The summed E-state index contributed by atoms with van der Waals surface area (Å²) in [6.07, 6.45) is 0. The molecule has 0 radical (unpaired) electrons. The van der Waals surface area contributed by atoms with Crippen LogP contribution in [0.1, 0.15) is 12.5 Å². The molecule has 27 heavy (non-hydrogen) atoms. The van der Waals surface area contributed by atoms with E-state index in [2.05, 4.69) is 16.1 Å². The number of rotatable bonds is 4. The first-order chi connectivity index (χ1) is 12.8. The highest BCUT2D eigenvalue weighted by atomic mass is 32.1. The van der Waals surface area contributed by atoms with Gasteiger partial charge in [-0.05, 0) is 49.0 Å². The number of carbonyl (C=O) groups excluding carboxylic acids is 2. The molecule has 0 bridgehead atoms. The van der Waals surface area contributed by atoms with Crippen LogP contribution in [-0.4, -0.2) is 29.2 Å². The number of hydrazine groups is 1. The molecule has 7 nitrogen and oxygen atoms in total. The van der Waals surface area contributed by atoms with Gasteiger partial charge in [0.2, 0.25) is 0 Å². The zero-order valence-corrected chi connectivity index (χ0v) is 15.4. The van der Waals surface area contributed by atoms with Gasteiger partial charge in [0.25, 0.3) is 5.91 Å². The second-order valence-electron chi connectivity index (χ2n) is 5.97. The molecule has 1 atom stereocenters. The fraction of sp³-hybridized carbons (Fsp3) is 0.167. The average Bonchev–Trinajstić information content (AvgIpc) is 2.88. The molecule has 3 rings (SSSR count). The fourth-order valence-corrected chi connectivity index (χ4v) is 2.89. The normalized spacial score (nSPS) is 18.9. The zero-order chi connectivity index (χ0) is 19.6. The Morgan fingerprint density at radius 2 is 1.96 bits per heavy atom. The number of urea groups is 1. The first kappa shape index (κ1) is 18.6. The smallest absolute Gasteiger partial charge is 0.344 e. The number of thiocarbonyl (C=S) groups is 1. The van der Waals surface area contributed by atoms with Crippen molar-refractivity contribution in [3.63, 3.8) is 0 Å². The van der Waals surface area contributed by atoms with E-state index in [0.29, 0.717) is 11.3 Å². The van der Waals surface area contributed by atoms with Crippen LogP contribution in [0.25, 0.3) is 0 Å². The summed E-state index contributed by atoms with van der Waals surface area (Å²) in [6.45, 7) is 1.58. The number of halogens is 1. The molecule has 1 aliphatic heterocycles. The van der Waals surface area contributed by atoms with Crippen LogP contribution in [0.3, 0.4) is 0 Å². The van der Waals surface area contributed by atoms with Gasteiger partial charge in [-0.25, -0.2) is 9.18 Å². The molecule has 3 amide bonds. The topological polar surface area (TPSA) is 82.7 Å². The van der Waals surface area contributed by atoms with E-state index in [9.17, 15) is 14.0 Å². The number of hydrogen-bond donors (Lipinski definition) is 3. The van der Waals surface area contributed by atoms with E-state index in [-0.39, 0.29) is 10.8 Å². The van der Waals surface area contributed by atoms with Crippen molar-refractivity contribution in [2.45, 2.75) is 12.5 Å². The van der Waals surface area contributed by atoms with Crippen LogP contribution >= 0.6 is 12.2 Å². The molecule has 2 aromatic carbocycles. The van der Waals surface area contributed by atoms with Crippen molar-refractivity contribution in [3.8, 4) is 5.75 Å². The van der Waals surface area contributed by atoms with Gasteiger partial charge in [-0.15, -0.1) is 0 Å². The minimum atomic E-state index is -1.30. The lowest BCUT2D eigenvalue weighted by Gasteiger charge is -2.23. The van der Waals surface area contributed by atoms with Crippen molar-refractivity contribution in [2.24, 2.45) is 0 Å². The number of nitrogens with zero attached hydrogens (tertiary/aromatic N) is 1. The highest BCUT2D eigenvalue weighted by Gasteiger charge is 2.50. The number of nitrogens with one attached hydrogen (secondary N) is 3. The number of hydrogen-bond acceptors (Lipinski definition) is 4. The number of amides is 3. The molecular formula is C18H17FN4O3S. The van der Waals surface area contributed by atoms with E-state index in [4.69, 9.17) is 17.0 Å². The summed E-state index contributed by atoms with van der Waals surface area (Å²) in [4.78, 5) is 25.2. The standard InChI is InChI=1S/C18H17FN4O3S/c1-18(11-6-5-7-12(10-11)26-2)15(24)23(17(25)21-18)22-16(27)20-14-9-4-3-8-13(14)19/h3-10H,1-2H3,(H,21,25)(H2,20,22,27). The predicted octanol–water partition coefficient (Wildman–Crippen LogP) is 2.50. The molecule has 3 N–H and O–H groups in total. The summed E-state index contributed by atoms with van der Waals surface area (Å²) >= 11 is 5.09. The highest BCUT2D eigenvalue weighted by Crippen LogP contribution is 2.30. The molecule has 140 valence electrons. The number of carbonyl (C=O) groups is 2. The Morgan fingerprint density at radius 1 is 1.22 bits per heavy atom. The molecule has 1 saturated heterocycles. The third kappa shape index (κ3) is 3.54. The highest BCUT2D eigenvalue weighted by molar-refractivity contribution is 7.80. The second-order valence-corrected chi connectivity index (χ2v) is 6.38. The maximum Gasteiger partial charge on any atom is 0.344 e. The lowest BCUT2D eigenvalue weighted by atomic mass is 9.92. The maximum atomic E-state index is 13.7. The Hall–Kier alpha value is -3.20. The summed E-state index contributed by atoms with van der Waals surface area (Å²) < 4.78 is 18.9. The Balaban J connectivity index is 1.77. The van der Waals surface area contributed by atoms with E-state index in [1.807, 2.05) is 0 Å². The largest absolute Gasteiger partial charge is 0.497 e. The molecule has 1 unspecified atom stereocenters. The van der Waals surface area contributed by atoms with Gasteiger partial charge in [0, 0.05) is 0 Å². The molecule has 1 heterocycles. The SMILES string of the molecule is COc1cccc(C2(C)NC(=O)N(NC(=S)Nc3ccccc3F)C2=O)c1. The van der Waals surface area contributed by atoms with E-state index >= 15 is 0 Å². The molecule has 0 spiro atoms. The predicted molar refractivity (Wildman–Crippen MR) is 101 cm³/mol. The minimum Gasteiger partial charge on any atom is -0.497 e. The lowest BCUT2D eigenvalue weighted by molar-refractivity contribution is -0.132. The van der Waals surface area contributed by atoms with Crippen molar-refractivity contribution in [1.29, 1.82) is 0 Å². The van der Waals surface area contributed by atoms with Crippen molar-refractivity contribution in [2.75, 3.05) is 12.4 Å². The van der Waals surface area contributed by atoms with E-state index in [0.717, 1.165) is 5.01 Å². The van der Waals surface area contributed by atoms with Gasteiger partial charge in [0.15, 0.2) is 5.11 Å². The number of ether oxygens (including phenoxy) is 1. The van der Waals surface area contributed by atoms with Crippen molar-refractivity contribution >= 4 is 35.0 Å². The quantitative estimate of drug-likeness (QED) is 0.552. The van der Waals surface area contributed by atoms with Crippen molar-refractivity contribution < 1.29 is 18.7 Å². The first-order valence-electron chi connectivity index (χ1n) is 7.98. The minimum absolute atomic E-state index is 0.0986. The third-order valence-electron chi connectivity index (χ3n) is 4.17. The molecule has 0 saturated carbocycles. The summed E-state index contributed by atoms with van der Waals surface area (Å²) in [5.74, 6) is -0.516. The fourth-order valence-electron chi connectivity index (χ4n) is 2.68. The Morgan fingerprint density at radius 3 is 2.67 bits per heavy atom. The van der Waals surface area contributed by atoms with Crippen LogP contribution in [-0.2, 0) is 10.3 Å². The van der Waals surface area contributed by atoms with Gasteiger partial charge >= 0.3 is 6.03 Å². The van der Waals surface area contributed by atoms with Gasteiger partial charge in [-0.2, -0.15) is 5.01 Å². The molecule has 2 aromatic rings. The summed E-state index contributed by atoms with van der Waals surface area (Å²) in [5, 5.41) is 5.91. The maximum absolute atomic E-state index is 13.7. The Kier molecular flexibility index (Phi) is 4.95. The molecule has 1 fully saturated rings. The molecular weight excluding hydrogens is 371 g/mol. The number of imide groups is 1. The first-order valence-corrected chi connectivity index (χ1v) is 8.39. The van der Waals surface area contributed by atoms with Gasteiger partial charge in [0.1, 0.15) is 17.1 Å². The van der Waals surface area contributed by atoms with Gasteiger partial charge in [-0.1, -0.05) is 24.3 Å². The third-order valence-corrected chi connectivity index (χ3v) is 4.37. The van der Waals surface area contributed by atoms with Crippen LogP contribution in [0, 0.1) is 5.82 Å². The van der Waals surface area contributed by atoms with Gasteiger partial charge in [-0.3, -0.25) is 10.2 Å². The van der Waals surface area contributed by atoms with Crippen molar-refractivity contribution in [1.82, 2.24) is 15.8 Å². The summed E-state index contributed by atoms with van der Waals surface area (Å²) in [7, 11) is 1.51. The number of para-hydroxylation sites is 1. The molecule has 0 aromatic heterocycles. The van der Waals surface area contributed by atoms with E-state index < -0.39 is 23.3 Å². The van der Waals surface area contributed by atoms with E-state index in [1.54, 1.807) is 37.3 Å². The van der Waals surface area contributed by atoms with Gasteiger partial charge < -0.3 is 15.4 Å². The van der Waals surface area contributed by atoms with Crippen LogP contribution in [0.5, 0.6) is 5.75 Å².